The summed E-state index contributed by atoms with van der Waals surface area (Å²) in [5, 5.41) is 4.23. The number of likely N-dealkylation sites (tertiary alicyclic amines) is 1. The first-order valence-corrected chi connectivity index (χ1v) is 7.28. The second-order valence-corrected chi connectivity index (χ2v) is 5.77. The number of benzene rings is 1. The van der Waals surface area contributed by atoms with Crippen LogP contribution in [0.15, 0.2) is 24.3 Å². The molecule has 0 aliphatic carbocycles. The molecule has 2 rings (SSSR count). The molecule has 0 aromatic heterocycles. The maximum Gasteiger partial charge on any atom is 0.0426 e. The fourth-order valence-electron chi connectivity index (χ4n) is 2.68. The van der Waals surface area contributed by atoms with Crippen molar-refractivity contribution in [3.8, 4) is 0 Å². The summed E-state index contributed by atoms with van der Waals surface area (Å²) < 4.78 is 0. The van der Waals surface area contributed by atoms with Crippen molar-refractivity contribution in [3.63, 3.8) is 0 Å². The normalized spacial score (nSPS) is 25.1. The van der Waals surface area contributed by atoms with Gasteiger partial charge >= 0.3 is 0 Å². The van der Waals surface area contributed by atoms with Gasteiger partial charge in [-0.1, -0.05) is 24.6 Å². The average molecular weight is 267 g/mol. The number of hydrogen-bond acceptors (Lipinski definition) is 2. The maximum atomic E-state index is 5.96. The first-order valence-electron chi connectivity index (χ1n) is 6.90. The fraction of sp³-hybridized carbons (Fsp3) is 0.600. The number of piperidine rings is 1. The van der Waals surface area contributed by atoms with E-state index in [9.17, 15) is 0 Å². The molecule has 100 valence electrons. The highest BCUT2D eigenvalue weighted by atomic mass is 35.5. The van der Waals surface area contributed by atoms with E-state index in [-0.39, 0.29) is 0 Å². The summed E-state index contributed by atoms with van der Waals surface area (Å²) in [6.45, 7) is 8.04. The zero-order chi connectivity index (χ0) is 13.0. The standard InChI is InChI=1S/C15H23ClN2/c1-12-5-4-9-18(13(12)2)10-8-17-15-7-3-6-14(16)11-15/h3,6-7,11-13,17H,4-5,8-10H2,1-2H3. The van der Waals surface area contributed by atoms with Crippen LogP contribution < -0.4 is 5.32 Å². The number of nitrogens with zero attached hydrogens (tertiary/aromatic N) is 1. The van der Waals surface area contributed by atoms with E-state index in [4.69, 9.17) is 11.6 Å². The molecule has 0 saturated carbocycles. The molecule has 1 aromatic carbocycles. The van der Waals surface area contributed by atoms with E-state index in [1.807, 2.05) is 18.2 Å². The largest absolute Gasteiger partial charge is 0.384 e. The predicted molar refractivity (Wildman–Crippen MR) is 79.4 cm³/mol. The third-order valence-corrected chi connectivity index (χ3v) is 4.29. The van der Waals surface area contributed by atoms with Crippen LogP contribution in [0.1, 0.15) is 26.7 Å². The molecule has 1 saturated heterocycles. The van der Waals surface area contributed by atoms with Gasteiger partial charge in [-0.2, -0.15) is 0 Å². The molecule has 2 unspecified atom stereocenters. The molecule has 1 N–H and O–H groups in total. The Hall–Kier alpha value is -0.730. The number of nitrogens with one attached hydrogen (secondary N) is 1. The number of halogens is 1. The molecular formula is C15H23ClN2. The minimum absolute atomic E-state index is 0.708. The zero-order valence-electron chi connectivity index (χ0n) is 11.3. The van der Waals surface area contributed by atoms with Crippen LogP contribution in [0.2, 0.25) is 5.02 Å². The Morgan fingerprint density at radius 1 is 1.39 bits per heavy atom. The van der Waals surface area contributed by atoms with Gasteiger partial charge in [-0.25, -0.2) is 0 Å². The van der Waals surface area contributed by atoms with Crippen LogP contribution in [0, 0.1) is 5.92 Å². The summed E-state index contributed by atoms with van der Waals surface area (Å²) in [5.74, 6) is 0.824. The summed E-state index contributed by atoms with van der Waals surface area (Å²) in [6.07, 6.45) is 2.71. The molecule has 0 radical (unpaired) electrons. The third-order valence-electron chi connectivity index (χ3n) is 4.06. The molecular weight excluding hydrogens is 244 g/mol. The van der Waals surface area contributed by atoms with Crippen molar-refractivity contribution < 1.29 is 0 Å². The van der Waals surface area contributed by atoms with Gasteiger partial charge in [0, 0.05) is 29.8 Å². The lowest BCUT2D eigenvalue weighted by Gasteiger charge is -2.38. The topological polar surface area (TPSA) is 15.3 Å². The first-order chi connectivity index (χ1) is 8.66. The number of hydrogen-bond donors (Lipinski definition) is 1. The zero-order valence-corrected chi connectivity index (χ0v) is 12.1. The maximum absolute atomic E-state index is 5.96. The van der Waals surface area contributed by atoms with E-state index >= 15 is 0 Å². The van der Waals surface area contributed by atoms with Gasteiger partial charge in [0.1, 0.15) is 0 Å². The Bertz CT molecular complexity index is 381. The summed E-state index contributed by atoms with van der Waals surface area (Å²) in [7, 11) is 0. The van der Waals surface area contributed by atoms with E-state index in [0.29, 0.717) is 6.04 Å². The van der Waals surface area contributed by atoms with E-state index in [2.05, 4.69) is 30.1 Å². The van der Waals surface area contributed by atoms with Crippen molar-refractivity contribution in [2.24, 2.45) is 5.92 Å². The van der Waals surface area contributed by atoms with Crippen LogP contribution in [-0.2, 0) is 0 Å². The molecule has 1 heterocycles. The monoisotopic (exact) mass is 266 g/mol. The van der Waals surface area contributed by atoms with Gasteiger partial charge < -0.3 is 5.32 Å². The van der Waals surface area contributed by atoms with Crippen molar-refractivity contribution in [1.29, 1.82) is 0 Å². The van der Waals surface area contributed by atoms with Gasteiger partial charge in [0.2, 0.25) is 0 Å². The van der Waals surface area contributed by atoms with Crippen molar-refractivity contribution in [2.45, 2.75) is 32.7 Å². The van der Waals surface area contributed by atoms with Gasteiger partial charge in [0.05, 0.1) is 0 Å². The summed E-state index contributed by atoms with van der Waals surface area (Å²) >= 11 is 5.96. The molecule has 1 fully saturated rings. The molecule has 3 heteroatoms. The summed E-state index contributed by atoms with van der Waals surface area (Å²) in [4.78, 5) is 2.59. The Morgan fingerprint density at radius 2 is 2.22 bits per heavy atom. The summed E-state index contributed by atoms with van der Waals surface area (Å²) in [6, 6.07) is 8.63. The van der Waals surface area contributed by atoms with Crippen LogP contribution >= 0.6 is 11.6 Å². The number of rotatable bonds is 4. The molecule has 2 nitrogen and oxygen atoms in total. The van der Waals surface area contributed by atoms with Crippen LogP contribution in [-0.4, -0.2) is 30.6 Å². The fourth-order valence-corrected chi connectivity index (χ4v) is 2.87. The van der Waals surface area contributed by atoms with Crippen molar-refractivity contribution >= 4 is 17.3 Å². The Balaban J connectivity index is 1.78. The summed E-state index contributed by atoms with van der Waals surface area (Å²) in [5.41, 5.74) is 1.11. The van der Waals surface area contributed by atoms with Crippen molar-refractivity contribution in [1.82, 2.24) is 4.90 Å². The second-order valence-electron chi connectivity index (χ2n) is 5.33. The number of anilines is 1. The Labute approximate surface area is 115 Å². The van der Waals surface area contributed by atoms with Gasteiger partial charge in [-0.3, -0.25) is 4.90 Å². The van der Waals surface area contributed by atoms with Crippen LogP contribution in [0.4, 0.5) is 5.69 Å². The molecule has 2 atom stereocenters. The van der Waals surface area contributed by atoms with Gasteiger partial charge in [0.15, 0.2) is 0 Å². The van der Waals surface area contributed by atoms with Crippen molar-refractivity contribution in [2.75, 3.05) is 25.0 Å². The highest BCUT2D eigenvalue weighted by molar-refractivity contribution is 6.30. The molecule has 1 aromatic rings. The van der Waals surface area contributed by atoms with Gasteiger partial charge in [0.25, 0.3) is 0 Å². The van der Waals surface area contributed by atoms with Crippen molar-refractivity contribution in [3.05, 3.63) is 29.3 Å². The molecule has 0 spiro atoms. The highest BCUT2D eigenvalue weighted by Crippen LogP contribution is 2.22. The molecule has 1 aliphatic heterocycles. The smallest absolute Gasteiger partial charge is 0.0426 e. The minimum Gasteiger partial charge on any atom is -0.384 e. The lowest BCUT2D eigenvalue weighted by molar-refractivity contribution is 0.119. The van der Waals surface area contributed by atoms with Crippen LogP contribution in [0.5, 0.6) is 0 Å². The second kappa shape index (κ2) is 6.44. The van der Waals surface area contributed by atoms with E-state index < -0.39 is 0 Å². The van der Waals surface area contributed by atoms with Gasteiger partial charge in [-0.15, -0.1) is 0 Å². The van der Waals surface area contributed by atoms with Gasteiger partial charge in [-0.05, 0) is 50.4 Å². The highest BCUT2D eigenvalue weighted by Gasteiger charge is 2.23. The Kier molecular flexibility index (Phi) is 4.90. The quantitative estimate of drug-likeness (QED) is 0.890. The molecule has 18 heavy (non-hydrogen) atoms. The lowest BCUT2D eigenvalue weighted by Crippen LogP contribution is -2.44. The SMILES string of the molecule is CC1CCCN(CCNc2cccc(Cl)c2)C1C. The molecule has 0 bridgehead atoms. The minimum atomic E-state index is 0.708. The average Bonchev–Trinajstić information content (AvgIpc) is 2.35. The Morgan fingerprint density at radius 3 is 3.00 bits per heavy atom. The van der Waals surface area contributed by atoms with E-state index in [1.165, 1.54) is 19.4 Å². The lowest BCUT2D eigenvalue weighted by atomic mass is 9.92. The van der Waals surface area contributed by atoms with E-state index in [1.54, 1.807) is 0 Å². The predicted octanol–water partition coefficient (Wildman–Crippen LogP) is 3.87. The third kappa shape index (κ3) is 3.63. The van der Waals surface area contributed by atoms with Crippen LogP contribution in [0.25, 0.3) is 0 Å². The molecule has 0 amide bonds. The first kappa shape index (κ1) is 13.7. The van der Waals surface area contributed by atoms with E-state index in [0.717, 1.165) is 29.7 Å². The molecule has 1 aliphatic rings. The van der Waals surface area contributed by atoms with Crippen LogP contribution in [0.3, 0.4) is 0 Å².